The van der Waals surface area contributed by atoms with Crippen LogP contribution in [-0.4, -0.2) is 30.6 Å². The Morgan fingerprint density at radius 3 is 2.71 bits per heavy atom. The van der Waals surface area contributed by atoms with Gasteiger partial charge in [0.2, 0.25) is 0 Å². The van der Waals surface area contributed by atoms with Crippen molar-refractivity contribution in [1.82, 2.24) is 24.7 Å². The molecular weight excluding hydrogens is 268 g/mol. The standard InChI is InChI=1S/C14H12N6O/c1-20-8-10(6-18-20)14-17-7-11(12(19-14)13(15)21)9-3-2-4-16-5-9/h2-8H,1H3,(H2,15,21). The molecule has 0 aliphatic heterocycles. The Kier molecular flexibility index (Phi) is 3.15. The van der Waals surface area contributed by atoms with E-state index in [0.717, 1.165) is 11.1 Å². The minimum Gasteiger partial charge on any atom is -0.364 e. The van der Waals surface area contributed by atoms with Crippen molar-refractivity contribution < 1.29 is 4.79 Å². The maximum Gasteiger partial charge on any atom is 0.268 e. The van der Waals surface area contributed by atoms with Gasteiger partial charge in [0.15, 0.2) is 5.82 Å². The van der Waals surface area contributed by atoms with Gasteiger partial charge in [0.1, 0.15) is 5.69 Å². The van der Waals surface area contributed by atoms with Crippen LogP contribution in [-0.2, 0) is 7.05 Å². The highest BCUT2D eigenvalue weighted by molar-refractivity contribution is 5.98. The van der Waals surface area contributed by atoms with Crippen LogP contribution in [0.5, 0.6) is 0 Å². The second-order valence-corrected chi connectivity index (χ2v) is 4.46. The summed E-state index contributed by atoms with van der Waals surface area (Å²) in [5.41, 5.74) is 7.62. The lowest BCUT2D eigenvalue weighted by Crippen LogP contribution is -2.15. The van der Waals surface area contributed by atoms with Gasteiger partial charge in [0.25, 0.3) is 5.91 Å². The number of nitrogens with zero attached hydrogens (tertiary/aromatic N) is 5. The van der Waals surface area contributed by atoms with E-state index in [4.69, 9.17) is 5.73 Å². The molecule has 0 unspecified atom stereocenters. The van der Waals surface area contributed by atoms with Gasteiger partial charge in [-0.1, -0.05) is 6.07 Å². The van der Waals surface area contributed by atoms with Crippen LogP contribution in [0.2, 0.25) is 0 Å². The van der Waals surface area contributed by atoms with Gasteiger partial charge in [-0.15, -0.1) is 0 Å². The zero-order chi connectivity index (χ0) is 14.8. The first-order valence-electron chi connectivity index (χ1n) is 6.21. The van der Waals surface area contributed by atoms with E-state index in [1.54, 1.807) is 48.8 Å². The molecule has 0 aliphatic rings. The number of carbonyl (C=O) groups is 1. The third-order valence-corrected chi connectivity index (χ3v) is 2.96. The van der Waals surface area contributed by atoms with E-state index in [1.807, 2.05) is 6.07 Å². The monoisotopic (exact) mass is 280 g/mol. The summed E-state index contributed by atoms with van der Waals surface area (Å²) in [5, 5.41) is 4.06. The molecule has 2 N–H and O–H groups in total. The number of aryl methyl sites for hydroxylation is 1. The lowest BCUT2D eigenvalue weighted by atomic mass is 10.1. The molecule has 0 radical (unpaired) electrons. The van der Waals surface area contributed by atoms with Crippen molar-refractivity contribution in [2.24, 2.45) is 12.8 Å². The molecular formula is C14H12N6O. The fourth-order valence-electron chi connectivity index (χ4n) is 1.98. The zero-order valence-corrected chi connectivity index (χ0v) is 11.3. The van der Waals surface area contributed by atoms with E-state index in [-0.39, 0.29) is 5.69 Å². The Labute approximate surface area is 120 Å². The molecule has 0 aliphatic carbocycles. The van der Waals surface area contributed by atoms with Gasteiger partial charge < -0.3 is 5.73 Å². The van der Waals surface area contributed by atoms with Crippen molar-refractivity contribution in [3.05, 3.63) is 48.8 Å². The summed E-state index contributed by atoms with van der Waals surface area (Å²) in [6.07, 6.45) is 8.26. The van der Waals surface area contributed by atoms with Crippen molar-refractivity contribution in [3.8, 4) is 22.5 Å². The van der Waals surface area contributed by atoms with E-state index < -0.39 is 5.91 Å². The van der Waals surface area contributed by atoms with Crippen molar-refractivity contribution in [2.75, 3.05) is 0 Å². The highest BCUT2D eigenvalue weighted by atomic mass is 16.1. The number of rotatable bonds is 3. The van der Waals surface area contributed by atoms with Crippen LogP contribution in [0.4, 0.5) is 0 Å². The smallest absolute Gasteiger partial charge is 0.268 e. The predicted molar refractivity (Wildman–Crippen MR) is 76.0 cm³/mol. The number of primary amides is 1. The van der Waals surface area contributed by atoms with Crippen molar-refractivity contribution in [1.29, 1.82) is 0 Å². The molecule has 0 fully saturated rings. The normalized spacial score (nSPS) is 10.5. The zero-order valence-electron chi connectivity index (χ0n) is 11.3. The maximum atomic E-state index is 11.7. The SMILES string of the molecule is Cn1cc(-c2ncc(-c3cccnc3)c(C(N)=O)n2)cn1. The Morgan fingerprint density at radius 1 is 1.24 bits per heavy atom. The maximum absolute atomic E-state index is 11.7. The van der Waals surface area contributed by atoms with E-state index >= 15 is 0 Å². The van der Waals surface area contributed by atoms with Gasteiger partial charge in [-0.3, -0.25) is 14.5 Å². The molecule has 3 aromatic heterocycles. The number of nitrogens with two attached hydrogens (primary N) is 1. The number of aromatic nitrogens is 5. The van der Waals surface area contributed by atoms with E-state index in [1.165, 1.54) is 0 Å². The largest absolute Gasteiger partial charge is 0.364 e. The first-order valence-corrected chi connectivity index (χ1v) is 6.21. The van der Waals surface area contributed by atoms with Crippen LogP contribution < -0.4 is 5.73 Å². The fraction of sp³-hybridized carbons (Fsp3) is 0.0714. The molecule has 3 aromatic rings. The Morgan fingerprint density at radius 2 is 2.10 bits per heavy atom. The summed E-state index contributed by atoms with van der Waals surface area (Å²) in [7, 11) is 1.79. The fourth-order valence-corrected chi connectivity index (χ4v) is 1.98. The summed E-state index contributed by atoms with van der Waals surface area (Å²) in [5.74, 6) is -0.203. The molecule has 0 spiro atoms. The van der Waals surface area contributed by atoms with Crippen molar-refractivity contribution in [3.63, 3.8) is 0 Å². The second kappa shape index (κ2) is 5.12. The Balaban J connectivity index is 2.13. The summed E-state index contributed by atoms with van der Waals surface area (Å²) < 4.78 is 1.64. The van der Waals surface area contributed by atoms with Gasteiger partial charge in [-0.2, -0.15) is 5.10 Å². The van der Waals surface area contributed by atoms with Crippen LogP contribution in [0, 0.1) is 0 Å². The van der Waals surface area contributed by atoms with Crippen LogP contribution in [0.25, 0.3) is 22.5 Å². The average Bonchev–Trinajstić information content (AvgIpc) is 2.94. The number of amides is 1. The predicted octanol–water partition coefficient (Wildman–Crippen LogP) is 1.04. The molecule has 0 saturated heterocycles. The van der Waals surface area contributed by atoms with Gasteiger partial charge in [-0.05, 0) is 6.07 Å². The number of carbonyl (C=O) groups excluding carboxylic acids is 1. The molecule has 0 aromatic carbocycles. The molecule has 104 valence electrons. The summed E-state index contributed by atoms with van der Waals surface area (Å²) in [6, 6.07) is 3.59. The van der Waals surface area contributed by atoms with Crippen molar-refractivity contribution in [2.45, 2.75) is 0 Å². The van der Waals surface area contributed by atoms with Gasteiger partial charge >= 0.3 is 0 Å². The molecule has 3 heterocycles. The third kappa shape index (κ3) is 2.48. The third-order valence-electron chi connectivity index (χ3n) is 2.96. The first-order chi connectivity index (χ1) is 10.1. The Hall–Kier alpha value is -3.09. The topological polar surface area (TPSA) is 99.6 Å². The van der Waals surface area contributed by atoms with E-state index in [0.29, 0.717) is 11.4 Å². The molecule has 0 atom stereocenters. The van der Waals surface area contributed by atoms with E-state index in [9.17, 15) is 4.79 Å². The molecule has 0 bridgehead atoms. The van der Waals surface area contributed by atoms with E-state index in [2.05, 4.69) is 20.1 Å². The summed E-state index contributed by atoms with van der Waals surface area (Å²) >= 11 is 0. The first kappa shape index (κ1) is 12.9. The quantitative estimate of drug-likeness (QED) is 0.772. The molecule has 0 saturated carbocycles. The van der Waals surface area contributed by atoms with Crippen molar-refractivity contribution >= 4 is 5.91 Å². The lowest BCUT2D eigenvalue weighted by Gasteiger charge is -2.06. The average molecular weight is 280 g/mol. The van der Waals surface area contributed by atoms with Gasteiger partial charge in [-0.25, -0.2) is 9.97 Å². The lowest BCUT2D eigenvalue weighted by molar-refractivity contribution is 0.0996. The van der Waals surface area contributed by atoms with Gasteiger partial charge in [0, 0.05) is 43.0 Å². The number of hydrogen-bond donors (Lipinski definition) is 1. The van der Waals surface area contributed by atoms with Gasteiger partial charge in [0.05, 0.1) is 11.8 Å². The molecule has 7 heteroatoms. The molecule has 21 heavy (non-hydrogen) atoms. The molecule has 7 nitrogen and oxygen atoms in total. The van der Waals surface area contributed by atoms with Crippen LogP contribution in [0.15, 0.2) is 43.1 Å². The Bertz CT molecular complexity index is 796. The minimum atomic E-state index is -0.610. The molecule has 3 rings (SSSR count). The molecule has 1 amide bonds. The highest BCUT2D eigenvalue weighted by Gasteiger charge is 2.15. The van der Waals surface area contributed by atoms with Crippen LogP contribution in [0.3, 0.4) is 0 Å². The second-order valence-electron chi connectivity index (χ2n) is 4.46. The number of pyridine rings is 1. The van der Waals surface area contributed by atoms with Crippen LogP contribution in [0.1, 0.15) is 10.5 Å². The number of hydrogen-bond acceptors (Lipinski definition) is 5. The summed E-state index contributed by atoms with van der Waals surface area (Å²) in [6.45, 7) is 0. The minimum absolute atomic E-state index is 0.164. The van der Waals surface area contributed by atoms with Crippen LogP contribution >= 0.6 is 0 Å². The summed E-state index contributed by atoms with van der Waals surface area (Å²) in [4.78, 5) is 24.2. The highest BCUT2D eigenvalue weighted by Crippen LogP contribution is 2.23.